The summed E-state index contributed by atoms with van der Waals surface area (Å²) >= 11 is 0. The number of carbonyl (C=O) groups is 1. The molecule has 3 aromatic rings. The number of furan rings is 1. The first kappa shape index (κ1) is 12.7. The Kier molecular flexibility index (Phi) is 3.14. The van der Waals surface area contributed by atoms with Crippen molar-refractivity contribution in [1.82, 2.24) is 9.55 Å². The van der Waals surface area contributed by atoms with Gasteiger partial charge in [-0.25, -0.2) is 4.98 Å². The number of hydrogen-bond acceptors (Lipinski definition) is 3. The lowest BCUT2D eigenvalue weighted by molar-refractivity contribution is 0.0989. The molecule has 4 nitrogen and oxygen atoms in total. The molecule has 3 rings (SSSR count). The van der Waals surface area contributed by atoms with Gasteiger partial charge >= 0.3 is 0 Å². The van der Waals surface area contributed by atoms with E-state index >= 15 is 0 Å². The van der Waals surface area contributed by atoms with Crippen molar-refractivity contribution in [3.8, 4) is 0 Å². The molecule has 20 heavy (non-hydrogen) atoms. The number of aryl methyl sites for hydroxylation is 2. The highest BCUT2D eigenvalue weighted by Crippen LogP contribution is 2.18. The van der Waals surface area contributed by atoms with Crippen LogP contribution in [-0.2, 0) is 13.0 Å². The number of para-hydroxylation sites is 2. The van der Waals surface area contributed by atoms with Gasteiger partial charge < -0.3 is 8.98 Å². The molecule has 0 aliphatic carbocycles. The second-order valence-electron chi connectivity index (χ2n) is 4.81. The van der Waals surface area contributed by atoms with E-state index in [0.29, 0.717) is 12.0 Å². The highest BCUT2D eigenvalue weighted by molar-refractivity contribution is 5.97. The predicted molar refractivity (Wildman–Crippen MR) is 76.9 cm³/mol. The first-order valence-corrected chi connectivity index (χ1v) is 6.71. The van der Waals surface area contributed by atoms with E-state index in [1.54, 1.807) is 6.07 Å². The van der Waals surface area contributed by atoms with Crippen LogP contribution < -0.4 is 0 Å². The molecule has 0 radical (unpaired) electrons. The van der Waals surface area contributed by atoms with Gasteiger partial charge in [-0.15, -0.1) is 0 Å². The maximum Gasteiger partial charge on any atom is 0.173 e. The number of nitrogens with zero attached hydrogens (tertiary/aromatic N) is 2. The molecule has 0 unspecified atom stereocenters. The van der Waals surface area contributed by atoms with E-state index in [4.69, 9.17) is 4.42 Å². The molecule has 102 valence electrons. The number of ketones is 1. The van der Waals surface area contributed by atoms with Gasteiger partial charge in [-0.05, 0) is 32.0 Å². The van der Waals surface area contributed by atoms with Crippen molar-refractivity contribution < 1.29 is 9.21 Å². The summed E-state index contributed by atoms with van der Waals surface area (Å²) < 4.78 is 7.27. The molecule has 0 atom stereocenters. The average Bonchev–Trinajstić information content (AvgIpc) is 3.01. The minimum Gasteiger partial charge on any atom is -0.469 e. The summed E-state index contributed by atoms with van der Waals surface area (Å²) in [6.45, 7) is 4.69. The third kappa shape index (κ3) is 2.13. The highest BCUT2D eigenvalue weighted by Gasteiger charge is 2.15. The van der Waals surface area contributed by atoms with E-state index in [9.17, 15) is 4.79 Å². The lowest BCUT2D eigenvalue weighted by Crippen LogP contribution is -2.09. The van der Waals surface area contributed by atoms with E-state index in [2.05, 4.69) is 16.5 Å². The first-order chi connectivity index (χ1) is 9.69. The van der Waals surface area contributed by atoms with Crippen LogP contribution in [0.3, 0.4) is 0 Å². The molecule has 0 N–H and O–H groups in total. The maximum absolute atomic E-state index is 12.3. The number of rotatable bonds is 4. The topological polar surface area (TPSA) is 48.0 Å². The number of imidazole rings is 1. The normalized spacial score (nSPS) is 11.1. The van der Waals surface area contributed by atoms with Crippen LogP contribution in [0, 0.1) is 6.92 Å². The molecule has 0 saturated heterocycles. The summed E-state index contributed by atoms with van der Waals surface area (Å²) in [6.07, 6.45) is 1.80. The van der Waals surface area contributed by atoms with Crippen molar-refractivity contribution in [1.29, 1.82) is 0 Å². The van der Waals surface area contributed by atoms with Crippen molar-refractivity contribution in [2.24, 2.45) is 0 Å². The van der Waals surface area contributed by atoms with Crippen molar-refractivity contribution in [3.05, 3.63) is 53.7 Å². The second kappa shape index (κ2) is 4.96. The van der Waals surface area contributed by atoms with Crippen LogP contribution in [0.15, 0.2) is 41.0 Å². The molecule has 0 aliphatic rings. The van der Waals surface area contributed by atoms with Gasteiger partial charge in [0.2, 0.25) is 0 Å². The van der Waals surface area contributed by atoms with Gasteiger partial charge in [0.1, 0.15) is 17.8 Å². The number of benzene rings is 1. The molecule has 0 spiro atoms. The Hall–Kier alpha value is -2.36. The van der Waals surface area contributed by atoms with Crippen LogP contribution >= 0.6 is 0 Å². The minimum atomic E-state index is 0.0341. The zero-order chi connectivity index (χ0) is 14.1. The largest absolute Gasteiger partial charge is 0.469 e. The van der Waals surface area contributed by atoms with Crippen molar-refractivity contribution in [2.75, 3.05) is 0 Å². The van der Waals surface area contributed by atoms with Crippen molar-refractivity contribution in [2.45, 2.75) is 26.8 Å². The summed E-state index contributed by atoms with van der Waals surface area (Å²) in [5.74, 6) is 1.58. The van der Waals surface area contributed by atoms with E-state index in [1.807, 2.05) is 31.2 Å². The van der Waals surface area contributed by atoms with Gasteiger partial charge in [-0.3, -0.25) is 4.79 Å². The summed E-state index contributed by atoms with van der Waals surface area (Å²) in [7, 11) is 0. The molecular formula is C16H16N2O2. The maximum atomic E-state index is 12.3. The minimum absolute atomic E-state index is 0.0341. The average molecular weight is 268 g/mol. The third-order valence-electron chi connectivity index (χ3n) is 3.42. The second-order valence-corrected chi connectivity index (χ2v) is 4.81. The number of carbonyl (C=O) groups excluding carboxylic acids is 1. The van der Waals surface area contributed by atoms with E-state index in [-0.39, 0.29) is 5.78 Å². The molecule has 0 saturated carbocycles. The lowest BCUT2D eigenvalue weighted by Gasteiger charge is -2.04. The predicted octanol–water partition coefficient (Wildman–Crippen LogP) is 3.38. The molecule has 0 fully saturated rings. The van der Waals surface area contributed by atoms with Crippen molar-refractivity contribution in [3.63, 3.8) is 0 Å². The summed E-state index contributed by atoms with van der Waals surface area (Å²) in [5.41, 5.74) is 2.61. The zero-order valence-corrected chi connectivity index (χ0v) is 11.6. The Morgan fingerprint density at radius 3 is 2.85 bits per heavy atom. The number of hydrogen-bond donors (Lipinski definition) is 0. The molecule has 0 aliphatic heterocycles. The SMILES string of the molecule is CCn1c(CC(=O)c2coc(C)c2)nc2ccccc21. The summed E-state index contributed by atoms with van der Waals surface area (Å²) in [5, 5.41) is 0. The number of aromatic nitrogens is 2. The van der Waals surface area contributed by atoms with Crippen LogP contribution in [-0.4, -0.2) is 15.3 Å². The fourth-order valence-corrected chi connectivity index (χ4v) is 2.45. The Labute approximate surface area is 117 Å². The van der Waals surface area contributed by atoms with E-state index in [0.717, 1.165) is 29.2 Å². The van der Waals surface area contributed by atoms with Crippen LogP contribution in [0.4, 0.5) is 0 Å². The lowest BCUT2D eigenvalue weighted by atomic mass is 10.1. The smallest absolute Gasteiger partial charge is 0.173 e. The van der Waals surface area contributed by atoms with Gasteiger partial charge in [0.15, 0.2) is 5.78 Å². The monoisotopic (exact) mass is 268 g/mol. The fourth-order valence-electron chi connectivity index (χ4n) is 2.45. The van der Waals surface area contributed by atoms with Crippen LogP contribution in [0.2, 0.25) is 0 Å². The molecule has 0 bridgehead atoms. The van der Waals surface area contributed by atoms with Gasteiger partial charge in [-0.2, -0.15) is 0 Å². The molecule has 4 heteroatoms. The quantitative estimate of drug-likeness (QED) is 0.681. The molecule has 1 aromatic carbocycles. The molecule has 0 amide bonds. The van der Waals surface area contributed by atoms with Crippen LogP contribution in [0.1, 0.15) is 28.9 Å². The summed E-state index contributed by atoms with van der Waals surface area (Å²) in [6, 6.07) is 9.71. The highest BCUT2D eigenvalue weighted by atomic mass is 16.3. The molecular weight excluding hydrogens is 252 g/mol. The van der Waals surface area contributed by atoms with Gasteiger partial charge in [0, 0.05) is 6.54 Å². The summed E-state index contributed by atoms with van der Waals surface area (Å²) in [4.78, 5) is 16.8. The Morgan fingerprint density at radius 2 is 2.15 bits per heavy atom. The van der Waals surface area contributed by atoms with E-state index in [1.165, 1.54) is 6.26 Å². The van der Waals surface area contributed by atoms with E-state index < -0.39 is 0 Å². The number of fused-ring (bicyclic) bond motifs is 1. The van der Waals surface area contributed by atoms with Crippen LogP contribution in [0.5, 0.6) is 0 Å². The molecule has 2 heterocycles. The Balaban J connectivity index is 1.96. The molecule has 2 aromatic heterocycles. The fraction of sp³-hybridized carbons (Fsp3) is 0.250. The third-order valence-corrected chi connectivity index (χ3v) is 3.42. The standard InChI is InChI=1S/C16H16N2O2/c1-3-18-14-7-5-4-6-13(14)17-16(18)9-15(19)12-8-11(2)20-10-12/h4-8,10H,3,9H2,1-2H3. The van der Waals surface area contributed by atoms with Gasteiger partial charge in [0.25, 0.3) is 0 Å². The van der Waals surface area contributed by atoms with Crippen LogP contribution in [0.25, 0.3) is 11.0 Å². The zero-order valence-electron chi connectivity index (χ0n) is 11.6. The number of Topliss-reactive ketones (excluding diaryl/α,β-unsaturated/α-hetero) is 1. The Bertz CT molecular complexity index is 768. The van der Waals surface area contributed by atoms with Crippen molar-refractivity contribution >= 4 is 16.8 Å². The first-order valence-electron chi connectivity index (χ1n) is 6.71. The van der Waals surface area contributed by atoms with Gasteiger partial charge in [0.05, 0.1) is 23.0 Å². The van der Waals surface area contributed by atoms with Gasteiger partial charge in [-0.1, -0.05) is 12.1 Å². The Morgan fingerprint density at radius 1 is 1.35 bits per heavy atom.